The Morgan fingerprint density at radius 3 is 2.27 bits per heavy atom. The maximum absolute atomic E-state index is 14.2. The number of anilines is 1. The summed E-state index contributed by atoms with van der Waals surface area (Å²) in [6.45, 7) is 12.4. The average molecular weight is 817 g/mol. The fourth-order valence-corrected chi connectivity index (χ4v) is 8.61. The van der Waals surface area contributed by atoms with Crippen LogP contribution in [0, 0.1) is 12.3 Å². The summed E-state index contributed by atoms with van der Waals surface area (Å²) in [5.41, 5.74) is 8.27. The van der Waals surface area contributed by atoms with Gasteiger partial charge in [-0.05, 0) is 66.3 Å². The number of thiazole rings is 1. The van der Waals surface area contributed by atoms with Gasteiger partial charge in [0.05, 0.1) is 46.7 Å². The minimum absolute atomic E-state index is 0.0122. The molecule has 2 aliphatic rings. The molecule has 59 heavy (non-hydrogen) atoms. The summed E-state index contributed by atoms with van der Waals surface area (Å²) in [6.07, 6.45) is 0.969. The lowest BCUT2D eigenvalue weighted by atomic mass is 9.85. The molecule has 2 saturated heterocycles. The number of nitrogens with zero attached hydrogens (tertiary/aromatic N) is 6. The highest BCUT2D eigenvalue weighted by Crippen LogP contribution is 2.32. The van der Waals surface area contributed by atoms with Gasteiger partial charge in [0.15, 0.2) is 0 Å². The molecule has 0 saturated carbocycles. The molecule has 5 aromatic rings. The number of rotatable bonds is 11. The number of aromatic nitrogens is 3. The lowest BCUT2D eigenvalue weighted by Crippen LogP contribution is -2.59. The van der Waals surface area contributed by atoms with E-state index >= 15 is 0 Å². The van der Waals surface area contributed by atoms with Crippen LogP contribution in [0.4, 0.5) is 5.69 Å². The van der Waals surface area contributed by atoms with E-state index in [-0.39, 0.29) is 49.0 Å². The van der Waals surface area contributed by atoms with Gasteiger partial charge >= 0.3 is 0 Å². The van der Waals surface area contributed by atoms with Gasteiger partial charge in [0.1, 0.15) is 17.8 Å². The number of likely N-dealkylation sites (tertiary alicyclic amines) is 1. The summed E-state index contributed by atoms with van der Waals surface area (Å²) in [4.78, 5) is 52.7. The third-order valence-electron chi connectivity index (χ3n) is 11.2. The molecule has 3 aromatic carbocycles. The number of hydrogen-bond donors (Lipinski definition) is 4. The molecule has 4 atom stereocenters. The van der Waals surface area contributed by atoms with Crippen LogP contribution in [0.5, 0.6) is 5.75 Å². The van der Waals surface area contributed by atoms with Crippen LogP contribution in [-0.4, -0.2) is 110 Å². The Bertz CT molecular complexity index is 2270. The van der Waals surface area contributed by atoms with Crippen LogP contribution in [0.3, 0.4) is 0 Å². The molecule has 2 fully saturated rings. The predicted octanol–water partition coefficient (Wildman–Crippen LogP) is 5.44. The van der Waals surface area contributed by atoms with Crippen molar-refractivity contribution >= 4 is 34.7 Å². The van der Waals surface area contributed by atoms with Crippen molar-refractivity contribution in [3.05, 3.63) is 102 Å². The topological polar surface area (TPSA) is 164 Å². The SMILES string of the molecule is Cc1ncsc1-c1ccc(C(C)NC(=O)[C@@H]2C[C@@H](O)CN2C(=O)C(NC(=O)CN2CCN(c3ccc(-c4cnnc(-c5ccccc5O)c4)cc3)CC2)C(C)(C)C)cc1. The number of benzene rings is 3. The van der Waals surface area contributed by atoms with Crippen LogP contribution in [0.2, 0.25) is 0 Å². The summed E-state index contributed by atoms with van der Waals surface area (Å²) in [7, 11) is 0. The van der Waals surface area contributed by atoms with Gasteiger partial charge in [0, 0.05) is 56.0 Å². The van der Waals surface area contributed by atoms with Gasteiger partial charge < -0.3 is 30.6 Å². The Morgan fingerprint density at radius 1 is 0.915 bits per heavy atom. The van der Waals surface area contributed by atoms with Crippen LogP contribution in [0.1, 0.15) is 51.4 Å². The first-order chi connectivity index (χ1) is 28.2. The van der Waals surface area contributed by atoms with E-state index < -0.39 is 23.6 Å². The highest BCUT2D eigenvalue weighted by atomic mass is 32.1. The monoisotopic (exact) mass is 816 g/mol. The fourth-order valence-electron chi connectivity index (χ4n) is 7.80. The second-order valence-corrected chi connectivity index (χ2v) is 17.4. The molecule has 7 rings (SSSR count). The second kappa shape index (κ2) is 17.7. The third kappa shape index (κ3) is 9.62. The average Bonchev–Trinajstić information content (AvgIpc) is 3.85. The van der Waals surface area contributed by atoms with Crippen molar-refractivity contribution in [2.75, 3.05) is 44.2 Å². The lowest BCUT2D eigenvalue weighted by molar-refractivity contribution is -0.144. The van der Waals surface area contributed by atoms with E-state index in [1.807, 2.05) is 94.7 Å². The quantitative estimate of drug-likeness (QED) is 0.135. The minimum atomic E-state index is -0.902. The summed E-state index contributed by atoms with van der Waals surface area (Å²) < 4.78 is 0. The maximum Gasteiger partial charge on any atom is 0.246 e. The molecule has 14 heteroatoms. The summed E-state index contributed by atoms with van der Waals surface area (Å²) in [5, 5.41) is 35.4. The normalized spacial score (nSPS) is 18.3. The molecule has 0 aliphatic carbocycles. The molecule has 308 valence electrons. The van der Waals surface area contributed by atoms with Crippen molar-refractivity contribution in [3.63, 3.8) is 0 Å². The van der Waals surface area contributed by atoms with Crippen molar-refractivity contribution in [2.45, 2.75) is 65.3 Å². The number of carbonyl (C=O) groups excluding carboxylic acids is 3. The highest BCUT2D eigenvalue weighted by Gasteiger charge is 2.45. The Hall–Kier alpha value is -5.70. The number of amides is 3. The van der Waals surface area contributed by atoms with Gasteiger partial charge in [0.25, 0.3) is 0 Å². The van der Waals surface area contributed by atoms with E-state index in [1.54, 1.807) is 29.7 Å². The molecule has 0 spiro atoms. The third-order valence-corrected chi connectivity index (χ3v) is 12.2. The summed E-state index contributed by atoms with van der Waals surface area (Å²) >= 11 is 1.58. The Kier molecular flexibility index (Phi) is 12.4. The number of phenols is 1. The van der Waals surface area contributed by atoms with Crippen LogP contribution in [0.25, 0.3) is 32.8 Å². The molecule has 0 radical (unpaired) electrons. The van der Waals surface area contributed by atoms with E-state index in [4.69, 9.17) is 0 Å². The fraction of sp³-hybridized carbons (Fsp3) is 0.378. The Balaban J connectivity index is 0.924. The number of aliphatic hydroxyl groups excluding tert-OH is 1. The zero-order valence-electron chi connectivity index (χ0n) is 34.1. The molecule has 3 amide bonds. The number of aryl methyl sites for hydroxylation is 1. The number of phenolic OH excluding ortho intramolecular Hbond substituents is 1. The zero-order valence-corrected chi connectivity index (χ0v) is 34.9. The van der Waals surface area contributed by atoms with Gasteiger partial charge in [-0.3, -0.25) is 19.3 Å². The first kappa shape index (κ1) is 41.5. The van der Waals surface area contributed by atoms with Crippen LogP contribution in [-0.2, 0) is 14.4 Å². The van der Waals surface area contributed by atoms with Gasteiger partial charge in [-0.15, -0.1) is 11.3 Å². The van der Waals surface area contributed by atoms with E-state index in [1.165, 1.54) is 4.90 Å². The van der Waals surface area contributed by atoms with Crippen molar-refractivity contribution in [3.8, 4) is 38.6 Å². The predicted molar refractivity (Wildman–Crippen MR) is 230 cm³/mol. The van der Waals surface area contributed by atoms with Gasteiger partial charge in [0.2, 0.25) is 17.7 Å². The second-order valence-electron chi connectivity index (χ2n) is 16.5. The number of hydrogen-bond acceptors (Lipinski definition) is 11. The van der Waals surface area contributed by atoms with Crippen LogP contribution in [0.15, 0.2) is 90.6 Å². The Morgan fingerprint density at radius 2 is 1.61 bits per heavy atom. The zero-order chi connectivity index (χ0) is 41.8. The first-order valence-electron chi connectivity index (χ1n) is 20.0. The van der Waals surface area contributed by atoms with Crippen LogP contribution < -0.4 is 15.5 Å². The van der Waals surface area contributed by atoms with Crippen molar-refractivity contribution in [2.24, 2.45) is 5.41 Å². The molecule has 2 aromatic heterocycles. The number of aromatic hydroxyl groups is 1. The minimum Gasteiger partial charge on any atom is -0.507 e. The smallest absolute Gasteiger partial charge is 0.246 e. The number of carbonyl (C=O) groups is 3. The molecular weight excluding hydrogens is 765 g/mol. The standard InChI is InChI=1S/C45H52N8O5S/c1-28(30-10-12-32(13-11-30)41-29(2)46-27-59-41)48-43(57)38-23-35(54)25-53(38)44(58)42(45(3,4)5)49-40(56)26-51-18-20-52(21-19-51)34-16-14-31(15-17-34)33-22-37(50-47-24-33)36-8-6-7-9-39(36)55/h6-17,22,24,27-28,35,38,42,54-55H,18-21,23,25-26H2,1-5H3,(H,48,57)(H,49,56)/t28?,35-,38+,42?/m1/s1. The van der Waals surface area contributed by atoms with Gasteiger partial charge in [-0.25, -0.2) is 4.98 Å². The molecule has 4 heterocycles. The number of aliphatic hydroxyl groups is 1. The summed E-state index contributed by atoms with van der Waals surface area (Å²) in [5.74, 6) is -0.844. The summed E-state index contributed by atoms with van der Waals surface area (Å²) in [6, 6.07) is 23.1. The van der Waals surface area contributed by atoms with E-state index in [0.717, 1.165) is 51.6 Å². The van der Waals surface area contributed by atoms with E-state index in [9.17, 15) is 24.6 Å². The van der Waals surface area contributed by atoms with Crippen molar-refractivity contribution < 1.29 is 24.6 Å². The molecule has 13 nitrogen and oxygen atoms in total. The van der Waals surface area contributed by atoms with Crippen molar-refractivity contribution in [1.29, 1.82) is 0 Å². The Labute approximate surface area is 349 Å². The van der Waals surface area contributed by atoms with Crippen molar-refractivity contribution in [1.82, 2.24) is 35.6 Å². The molecule has 4 N–H and O–H groups in total. The van der Waals surface area contributed by atoms with E-state index in [0.29, 0.717) is 24.3 Å². The largest absolute Gasteiger partial charge is 0.507 e. The highest BCUT2D eigenvalue weighted by molar-refractivity contribution is 7.13. The lowest BCUT2D eigenvalue weighted by Gasteiger charge is -2.37. The number of piperazine rings is 1. The molecule has 2 unspecified atom stereocenters. The molecule has 2 aliphatic heterocycles. The molecular formula is C45H52N8O5S. The number of para-hydroxylation sites is 1. The van der Waals surface area contributed by atoms with E-state index in [2.05, 4.69) is 47.7 Å². The van der Waals surface area contributed by atoms with Crippen LogP contribution >= 0.6 is 11.3 Å². The first-order valence-corrected chi connectivity index (χ1v) is 20.9. The molecule has 0 bridgehead atoms. The van der Waals surface area contributed by atoms with Gasteiger partial charge in [-0.1, -0.05) is 69.3 Å². The maximum atomic E-state index is 14.2. The van der Waals surface area contributed by atoms with Gasteiger partial charge in [-0.2, -0.15) is 10.2 Å². The number of nitrogens with one attached hydrogen (secondary N) is 2. The number of β-amino-alcohol motifs (C(OH)–C–C–N with tert-alkyl or cyclic N) is 1.